The summed E-state index contributed by atoms with van der Waals surface area (Å²) < 4.78 is 5.13. The molecule has 1 aliphatic rings. The van der Waals surface area contributed by atoms with Crippen LogP contribution in [0.1, 0.15) is 25.6 Å². The van der Waals surface area contributed by atoms with Crippen molar-refractivity contribution in [2.24, 2.45) is 5.73 Å². The predicted molar refractivity (Wildman–Crippen MR) is 117 cm³/mol. The highest BCUT2D eigenvalue weighted by Crippen LogP contribution is 2.23. The van der Waals surface area contributed by atoms with Gasteiger partial charge in [-0.3, -0.25) is 13.8 Å². The third kappa shape index (κ3) is 3.43. The van der Waals surface area contributed by atoms with Gasteiger partial charge in [-0.15, -0.1) is 16.1 Å². The van der Waals surface area contributed by atoms with Gasteiger partial charge in [0.2, 0.25) is 5.95 Å². The number of hydrogen-bond acceptors (Lipinski definition) is 7. The summed E-state index contributed by atoms with van der Waals surface area (Å²) in [5.41, 5.74) is 7.71. The van der Waals surface area contributed by atoms with Crippen molar-refractivity contribution in [2.75, 3.05) is 18.0 Å². The lowest BCUT2D eigenvalue weighted by Crippen LogP contribution is -2.44. The van der Waals surface area contributed by atoms with Crippen LogP contribution >= 0.6 is 0 Å². The number of nitrogens with two attached hydrogens (primary N) is 1. The Morgan fingerprint density at radius 2 is 2.19 bits per heavy atom. The minimum Gasteiger partial charge on any atom is -0.341 e. The van der Waals surface area contributed by atoms with Crippen LogP contribution in [0, 0.1) is 11.8 Å². The maximum Gasteiger partial charge on any atom is 0.293 e. The largest absolute Gasteiger partial charge is 0.341 e. The second-order valence-corrected chi connectivity index (χ2v) is 7.66. The molecule has 1 aliphatic heterocycles. The van der Waals surface area contributed by atoms with Gasteiger partial charge >= 0.3 is 0 Å². The van der Waals surface area contributed by atoms with Gasteiger partial charge in [0, 0.05) is 25.3 Å². The second kappa shape index (κ2) is 7.85. The molecule has 5 rings (SSSR count). The average molecular weight is 417 g/mol. The average Bonchev–Trinajstić information content (AvgIpc) is 3.36. The first-order valence-corrected chi connectivity index (χ1v) is 10.3. The van der Waals surface area contributed by atoms with Crippen LogP contribution in [0.3, 0.4) is 0 Å². The minimum absolute atomic E-state index is 0.0928. The molecule has 158 valence electrons. The van der Waals surface area contributed by atoms with Crippen LogP contribution in [0.25, 0.3) is 16.7 Å². The van der Waals surface area contributed by atoms with E-state index < -0.39 is 0 Å². The molecule has 4 aromatic rings. The fourth-order valence-electron chi connectivity index (χ4n) is 4.06. The quantitative estimate of drug-likeness (QED) is 0.485. The SMILES string of the molecule is CC#CCn1c(N2CCC[C@@H](N)C2)nc2cnn(Cc3nnc4ccccn34)c(=O)c21. The number of nitrogens with zero attached hydrogens (tertiary/aromatic N) is 8. The maximum atomic E-state index is 13.4. The molecule has 4 aromatic heterocycles. The third-order valence-electron chi connectivity index (χ3n) is 5.56. The zero-order valence-electron chi connectivity index (χ0n) is 17.3. The first kappa shape index (κ1) is 19.3. The molecule has 0 aliphatic carbocycles. The maximum absolute atomic E-state index is 13.4. The third-order valence-corrected chi connectivity index (χ3v) is 5.56. The fraction of sp³-hybridized carbons (Fsp3) is 0.381. The van der Waals surface area contributed by atoms with E-state index in [9.17, 15) is 4.79 Å². The van der Waals surface area contributed by atoms with E-state index in [-0.39, 0.29) is 18.1 Å². The molecular weight excluding hydrogens is 394 g/mol. The summed E-state index contributed by atoms with van der Waals surface area (Å²) in [6, 6.07) is 5.75. The molecule has 0 unspecified atom stereocenters. The molecule has 1 fully saturated rings. The lowest BCUT2D eigenvalue weighted by molar-refractivity contribution is 0.496. The van der Waals surface area contributed by atoms with Crippen molar-refractivity contribution < 1.29 is 0 Å². The molecule has 0 amide bonds. The Balaban J connectivity index is 1.61. The van der Waals surface area contributed by atoms with Crippen LogP contribution in [0.2, 0.25) is 0 Å². The van der Waals surface area contributed by atoms with Crippen molar-refractivity contribution in [2.45, 2.75) is 38.9 Å². The van der Waals surface area contributed by atoms with Crippen molar-refractivity contribution in [1.29, 1.82) is 0 Å². The van der Waals surface area contributed by atoms with Crippen LogP contribution in [0.5, 0.6) is 0 Å². The normalized spacial score (nSPS) is 16.6. The van der Waals surface area contributed by atoms with Gasteiger partial charge in [-0.05, 0) is 31.9 Å². The second-order valence-electron chi connectivity index (χ2n) is 7.66. The summed E-state index contributed by atoms with van der Waals surface area (Å²) in [6.45, 7) is 3.92. The van der Waals surface area contributed by atoms with Gasteiger partial charge in [-0.25, -0.2) is 9.67 Å². The molecule has 0 spiro atoms. The van der Waals surface area contributed by atoms with Gasteiger partial charge in [0.05, 0.1) is 12.7 Å². The molecule has 1 atom stereocenters. The molecule has 31 heavy (non-hydrogen) atoms. The standard InChI is InChI=1S/C21H23N9O/c1-2-3-10-29-19-16(24-21(29)27-9-6-7-15(22)13-27)12-23-30(20(19)31)14-18-26-25-17-8-4-5-11-28(17)18/h4-5,8,11-12,15H,6-7,9-10,13-14,22H2,1H3/t15-/m1/s1. The minimum atomic E-state index is -0.233. The topological polar surface area (TPSA) is 112 Å². The Morgan fingerprint density at radius 1 is 1.29 bits per heavy atom. The number of imidazole rings is 1. The van der Waals surface area contributed by atoms with Crippen LogP contribution in [-0.4, -0.2) is 53.1 Å². The Bertz CT molecular complexity index is 1370. The molecule has 10 heteroatoms. The summed E-state index contributed by atoms with van der Waals surface area (Å²) in [6.07, 6.45) is 5.48. The van der Waals surface area contributed by atoms with Crippen molar-refractivity contribution in [3.8, 4) is 11.8 Å². The van der Waals surface area contributed by atoms with Gasteiger partial charge in [0.15, 0.2) is 11.5 Å². The number of piperidine rings is 1. The smallest absolute Gasteiger partial charge is 0.293 e. The summed E-state index contributed by atoms with van der Waals surface area (Å²) in [7, 11) is 0. The fourth-order valence-corrected chi connectivity index (χ4v) is 4.06. The number of rotatable bonds is 4. The van der Waals surface area contributed by atoms with E-state index in [1.165, 1.54) is 4.68 Å². The van der Waals surface area contributed by atoms with Crippen LogP contribution < -0.4 is 16.2 Å². The van der Waals surface area contributed by atoms with Crippen LogP contribution in [-0.2, 0) is 13.1 Å². The molecular formula is C21H23N9O. The molecule has 10 nitrogen and oxygen atoms in total. The number of pyridine rings is 1. The molecule has 0 radical (unpaired) electrons. The predicted octanol–water partition coefficient (Wildman–Crippen LogP) is 0.635. The van der Waals surface area contributed by atoms with E-state index in [0.29, 0.717) is 29.9 Å². The monoisotopic (exact) mass is 417 g/mol. The zero-order chi connectivity index (χ0) is 21.4. The Labute approximate surface area is 178 Å². The highest BCUT2D eigenvalue weighted by molar-refractivity contribution is 5.77. The summed E-state index contributed by atoms with van der Waals surface area (Å²) >= 11 is 0. The highest BCUT2D eigenvalue weighted by atomic mass is 16.1. The van der Waals surface area contributed by atoms with E-state index in [0.717, 1.165) is 31.0 Å². The van der Waals surface area contributed by atoms with Gasteiger partial charge in [-0.2, -0.15) is 5.10 Å². The number of hydrogen-bond donors (Lipinski definition) is 1. The Kier molecular flexibility index (Phi) is 4.88. The van der Waals surface area contributed by atoms with E-state index in [4.69, 9.17) is 10.7 Å². The van der Waals surface area contributed by atoms with Gasteiger partial charge < -0.3 is 10.6 Å². The Hall–Kier alpha value is -3.71. The first-order chi connectivity index (χ1) is 15.2. The van der Waals surface area contributed by atoms with Crippen LogP contribution in [0.4, 0.5) is 5.95 Å². The van der Waals surface area contributed by atoms with Crippen molar-refractivity contribution >= 4 is 22.6 Å². The summed E-state index contributed by atoms with van der Waals surface area (Å²) in [5, 5.41) is 12.7. The van der Waals surface area contributed by atoms with Crippen molar-refractivity contribution in [1.82, 2.24) is 33.9 Å². The number of anilines is 1. The molecule has 0 saturated carbocycles. The lowest BCUT2D eigenvalue weighted by atomic mass is 10.1. The van der Waals surface area contributed by atoms with E-state index in [2.05, 4.69) is 32.0 Å². The molecule has 1 saturated heterocycles. The van der Waals surface area contributed by atoms with Gasteiger partial charge in [0.1, 0.15) is 17.6 Å². The van der Waals surface area contributed by atoms with Crippen molar-refractivity contribution in [3.05, 3.63) is 46.8 Å². The molecule has 0 bridgehead atoms. The van der Waals surface area contributed by atoms with Crippen molar-refractivity contribution in [3.63, 3.8) is 0 Å². The Morgan fingerprint density at radius 3 is 3.03 bits per heavy atom. The summed E-state index contributed by atoms with van der Waals surface area (Å²) in [5.74, 6) is 7.33. The highest BCUT2D eigenvalue weighted by Gasteiger charge is 2.24. The van der Waals surface area contributed by atoms with Gasteiger partial charge in [-0.1, -0.05) is 12.0 Å². The van der Waals surface area contributed by atoms with E-state index >= 15 is 0 Å². The zero-order valence-corrected chi connectivity index (χ0v) is 17.3. The molecule has 5 heterocycles. The first-order valence-electron chi connectivity index (χ1n) is 10.3. The molecule has 0 aromatic carbocycles. The number of fused-ring (bicyclic) bond motifs is 2. The molecule has 2 N–H and O–H groups in total. The van der Waals surface area contributed by atoms with E-state index in [1.54, 1.807) is 13.1 Å². The van der Waals surface area contributed by atoms with Crippen LogP contribution in [0.15, 0.2) is 35.4 Å². The lowest BCUT2D eigenvalue weighted by Gasteiger charge is -2.31. The summed E-state index contributed by atoms with van der Waals surface area (Å²) in [4.78, 5) is 20.3. The number of aromatic nitrogens is 7. The van der Waals surface area contributed by atoms with Gasteiger partial charge in [0.25, 0.3) is 5.56 Å². The van der Waals surface area contributed by atoms with E-state index in [1.807, 2.05) is 33.4 Å².